The molecule has 3 N–H and O–H groups in total. The summed E-state index contributed by atoms with van der Waals surface area (Å²) in [7, 11) is 1.50. The first-order valence-corrected chi connectivity index (χ1v) is 11.8. The number of carbonyl (C=O) groups is 1. The lowest BCUT2D eigenvalue weighted by Gasteiger charge is -2.23. The van der Waals surface area contributed by atoms with E-state index in [1.54, 1.807) is 6.08 Å². The normalized spacial score (nSPS) is 11.1. The van der Waals surface area contributed by atoms with Crippen molar-refractivity contribution >= 4 is 23.5 Å². The number of aromatic nitrogens is 2. The van der Waals surface area contributed by atoms with Gasteiger partial charge in [-0.05, 0) is 34.4 Å². The molecule has 8 nitrogen and oxygen atoms in total. The van der Waals surface area contributed by atoms with Gasteiger partial charge in [-0.25, -0.2) is 4.79 Å². The number of amides is 1. The van der Waals surface area contributed by atoms with Gasteiger partial charge in [0.25, 0.3) is 11.5 Å². The van der Waals surface area contributed by atoms with E-state index in [4.69, 9.17) is 10.5 Å². The van der Waals surface area contributed by atoms with Crippen LogP contribution in [-0.2, 0) is 16.1 Å². The number of H-pyrrole nitrogens is 1. The Morgan fingerprint density at radius 1 is 0.973 bits per heavy atom. The minimum absolute atomic E-state index is 0.0700. The molecule has 1 aromatic heterocycles. The topological polar surface area (TPSA) is 110 Å². The van der Waals surface area contributed by atoms with E-state index in [0.29, 0.717) is 0 Å². The van der Waals surface area contributed by atoms with E-state index in [-0.39, 0.29) is 31.2 Å². The van der Waals surface area contributed by atoms with Gasteiger partial charge in [0.1, 0.15) is 5.82 Å². The summed E-state index contributed by atoms with van der Waals surface area (Å²) in [5.41, 5.74) is 8.54. The van der Waals surface area contributed by atoms with E-state index in [0.717, 1.165) is 22.3 Å². The van der Waals surface area contributed by atoms with Gasteiger partial charge in [0.2, 0.25) is 0 Å². The van der Waals surface area contributed by atoms with Gasteiger partial charge in [0.05, 0.1) is 13.2 Å². The highest BCUT2D eigenvalue weighted by molar-refractivity contribution is 6.05. The Bertz CT molecular complexity index is 1510. The van der Waals surface area contributed by atoms with Gasteiger partial charge in [-0.1, -0.05) is 78.9 Å². The number of nitrogens with zero attached hydrogens (tertiary/aromatic N) is 2. The van der Waals surface area contributed by atoms with Crippen molar-refractivity contribution in [3.05, 3.63) is 123 Å². The molecule has 0 atom stereocenters. The van der Waals surface area contributed by atoms with Crippen LogP contribution in [-0.4, -0.2) is 35.7 Å². The number of rotatable bonds is 9. The summed E-state index contributed by atoms with van der Waals surface area (Å²) in [5, 5.41) is 0. The molecule has 8 heteroatoms. The fourth-order valence-electron chi connectivity index (χ4n) is 3.99. The van der Waals surface area contributed by atoms with Crippen LogP contribution in [0, 0.1) is 0 Å². The molecule has 3 aromatic carbocycles. The molecule has 0 bridgehead atoms. The van der Waals surface area contributed by atoms with Crippen LogP contribution < -0.4 is 21.9 Å². The second-order valence-electron chi connectivity index (χ2n) is 8.37. The molecule has 4 aromatic rings. The highest BCUT2D eigenvalue weighted by Crippen LogP contribution is 2.22. The molecule has 0 fully saturated rings. The number of hydrogen-bond donors (Lipinski definition) is 2. The van der Waals surface area contributed by atoms with Crippen LogP contribution >= 0.6 is 0 Å². The first kappa shape index (κ1) is 25.4. The number of anilines is 2. The average Bonchev–Trinajstić information content (AvgIpc) is 2.92. The van der Waals surface area contributed by atoms with E-state index >= 15 is 0 Å². The van der Waals surface area contributed by atoms with Gasteiger partial charge in [-0.2, -0.15) is 0 Å². The number of aromatic amines is 1. The smallest absolute Gasteiger partial charge is 0.330 e. The minimum atomic E-state index is -0.740. The molecule has 1 heterocycles. The Balaban J connectivity index is 1.67. The Hall–Kier alpha value is -4.69. The summed E-state index contributed by atoms with van der Waals surface area (Å²) in [6, 6.07) is 26.9. The maximum atomic E-state index is 13.3. The van der Waals surface area contributed by atoms with E-state index in [9.17, 15) is 14.4 Å². The monoisotopic (exact) mass is 496 g/mol. The Kier molecular flexibility index (Phi) is 8.12. The van der Waals surface area contributed by atoms with Crippen molar-refractivity contribution in [1.82, 2.24) is 9.55 Å². The maximum absolute atomic E-state index is 13.3. The van der Waals surface area contributed by atoms with Crippen molar-refractivity contribution in [1.29, 1.82) is 0 Å². The molecule has 0 radical (unpaired) electrons. The number of methoxy groups -OCH3 is 1. The zero-order valence-corrected chi connectivity index (χ0v) is 20.5. The summed E-state index contributed by atoms with van der Waals surface area (Å²) in [4.78, 5) is 42.3. The second-order valence-corrected chi connectivity index (χ2v) is 8.37. The van der Waals surface area contributed by atoms with Gasteiger partial charge >= 0.3 is 5.69 Å². The fraction of sp³-hybridized carbons (Fsp3) is 0.138. The van der Waals surface area contributed by atoms with Crippen molar-refractivity contribution in [3.8, 4) is 11.1 Å². The first-order valence-electron chi connectivity index (χ1n) is 11.8. The summed E-state index contributed by atoms with van der Waals surface area (Å²) in [5.74, 6) is -0.564. The number of nitrogens with two attached hydrogens (primary N) is 1. The van der Waals surface area contributed by atoms with Crippen LogP contribution in [0.3, 0.4) is 0 Å². The van der Waals surface area contributed by atoms with E-state index < -0.39 is 17.2 Å². The number of nitrogen functional groups attached to an aromatic ring is 1. The Morgan fingerprint density at radius 3 is 2.35 bits per heavy atom. The zero-order chi connectivity index (χ0) is 26.2. The number of nitrogens with one attached hydrogen (secondary N) is 1. The fourth-order valence-corrected chi connectivity index (χ4v) is 3.99. The number of hydrogen-bond acceptors (Lipinski definition) is 5. The summed E-state index contributed by atoms with van der Waals surface area (Å²) < 4.78 is 6.40. The van der Waals surface area contributed by atoms with Gasteiger partial charge in [-0.3, -0.25) is 24.0 Å². The highest BCUT2D eigenvalue weighted by Gasteiger charge is 2.23. The van der Waals surface area contributed by atoms with E-state index in [2.05, 4.69) is 4.98 Å². The molecule has 4 rings (SSSR count). The van der Waals surface area contributed by atoms with Crippen molar-refractivity contribution in [2.75, 3.05) is 30.9 Å². The standard InChI is InChI=1S/C29H28N4O4/c1-37-18-17-32(25(34)16-15-21-11-8-14-24(19-21)23-12-6-3-7-13-23)26-27(30)33(29(36)31-28(26)35)20-22-9-4-2-5-10-22/h2-16,19H,17-18,20,30H2,1H3,(H,31,35,36)/b16-15+. The number of ether oxygens (including phenoxy) is 1. The molecule has 0 spiro atoms. The van der Waals surface area contributed by atoms with Crippen molar-refractivity contribution < 1.29 is 9.53 Å². The van der Waals surface area contributed by atoms with Crippen LogP contribution in [0.15, 0.2) is 101 Å². The van der Waals surface area contributed by atoms with Crippen LogP contribution in [0.25, 0.3) is 17.2 Å². The van der Waals surface area contributed by atoms with Gasteiger partial charge in [-0.15, -0.1) is 0 Å². The molecule has 188 valence electrons. The third kappa shape index (κ3) is 6.12. The lowest BCUT2D eigenvalue weighted by Crippen LogP contribution is -2.42. The first-order chi connectivity index (χ1) is 18.0. The average molecular weight is 497 g/mol. The molecule has 0 unspecified atom stereocenters. The Morgan fingerprint density at radius 2 is 1.65 bits per heavy atom. The molecular formula is C29H28N4O4. The minimum Gasteiger partial charge on any atom is -0.383 e. The summed E-state index contributed by atoms with van der Waals surface area (Å²) in [6.45, 7) is 0.379. The third-order valence-electron chi connectivity index (χ3n) is 5.86. The molecule has 37 heavy (non-hydrogen) atoms. The SMILES string of the molecule is COCCN(C(=O)/C=C/c1cccc(-c2ccccc2)c1)c1c(N)n(Cc2ccccc2)c(=O)[nH]c1=O. The second kappa shape index (κ2) is 11.8. The number of carbonyl (C=O) groups excluding carboxylic acids is 1. The molecule has 0 aliphatic heterocycles. The quantitative estimate of drug-likeness (QED) is 0.345. The molecule has 0 aliphatic rings. The predicted molar refractivity (Wildman–Crippen MR) is 146 cm³/mol. The van der Waals surface area contributed by atoms with Crippen LogP contribution in [0.1, 0.15) is 11.1 Å². The molecule has 0 aliphatic carbocycles. The molecule has 0 saturated carbocycles. The van der Waals surface area contributed by atoms with E-state index in [1.165, 1.54) is 22.7 Å². The van der Waals surface area contributed by atoms with Crippen LogP contribution in [0.4, 0.5) is 11.5 Å². The summed E-state index contributed by atoms with van der Waals surface area (Å²) in [6.07, 6.45) is 3.06. The van der Waals surface area contributed by atoms with Gasteiger partial charge in [0, 0.05) is 19.7 Å². The predicted octanol–water partition coefficient (Wildman–Crippen LogP) is 3.53. The number of benzene rings is 3. The van der Waals surface area contributed by atoms with Crippen LogP contribution in [0.5, 0.6) is 0 Å². The maximum Gasteiger partial charge on any atom is 0.330 e. The molecule has 1 amide bonds. The van der Waals surface area contributed by atoms with Gasteiger partial charge < -0.3 is 10.5 Å². The van der Waals surface area contributed by atoms with Crippen molar-refractivity contribution in [3.63, 3.8) is 0 Å². The highest BCUT2D eigenvalue weighted by atomic mass is 16.5. The largest absolute Gasteiger partial charge is 0.383 e. The lowest BCUT2D eigenvalue weighted by atomic mass is 10.0. The molecule has 0 saturated heterocycles. The van der Waals surface area contributed by atoms with Crippen molar-refractivity contribution in [2.24, 2.45) is 0 Å². The Labute approximate surface area is 214 Å². The third-order valence-corrected chi connectivity index (χ3v) is 5.86. The van der Waals surface area contributed by atoms with Crippen LogP contribution in [0.2, 0.25) is 0 Å². The zero-order valence-electron chi connectivity index (χ0n) is 20.5. The summed E-state index contributed by atoms with van der Waals surface area (Å²) >= 11 is 0. The van der Waals surface area contributed by atoms with E-state index in [1.807, 2.05) is 84.9 Å². The lowest BCUT2D eigenvalue weighted by molar-refractivity contribution is -0.114. The molecular weight excluding hydrogens is 468 g/mol. The van der Waals surface area contributed by atoms with Gasteiger partial charge in [0.15, 0.2) is 5.69 Å². The van der Waals surface area contributed by atoms with Crippen molar-refractivity contribution in [2.45, 2.75) is 6.54 Å².